The number of rotatable bonds is 12. The number of thioether (sulfide) groups is 1. The van der Waals surface area contributed by atoms with E-state index in [1.54, 1.807) is 17.2 Å². The first-order valence-corrected chi connectivity index (χ1v) is 11.2. The van der Waals surface area contributed by atoms with Crippen LogP contribution < -0.4 is 0 Å². The monoisotopic (exact) mass is 422 g/mol. The van der Waals surface area contributed by atoms with Crippen molar-refractivity contribution in [2.75, 3.05) is 32.1 Å². The summed E-state index contributed by atoms with van der Waals surface area (Å²) < 4.78 is 10.4. The number of thiazole rings is 1. The van der Waals surface area contributed by atoms with Crippen molar-refractivity contribution in [3.63, 3.8) is 0 Å². The highest BCUT2D eigenvalue weighted by atomic mass is 32.2. The van der Waals surface area contributed by atoms with E-state index < -0.39 is 5.97 Å². The zero-order valence-electron chi connectivity index (χ0n) is 16.3. The molecule has 0 aliphatic heterocycles. The Balaban J connectivity index is 1.97. The minimum absolute atomic E-state index is 0.0400. The topological polar surface area (TPSA) is 68.7 Å². The maximum absolute atomic E-state index is 12.8. The molecule has 8 heteroatoms. The summed E-state index contributed by atoms with van der Waals surface area (Å²) in [6.07, 6.45) is 0.756. The fraction of sp³-hybridized carbons (Fsp3) is 0.450. The second kappa shape index (κ2) is 12.5. The van der Waals surface area contributed by atoms with E-state index in [2.05, 4.69) is 4.98 Å². The quantitative estimate of drug-likeness (QED) is 0.294. The van der Waals surface area contributed by atoms with Crippen molar-refractivity contribution in [1.82, 2.24) is 9.88 Å². The first-order valence-electron chi connectivity index (χ1n) is 9.28. The van der Waals surface area contributed by atoms with Gasteiger partial charge in [0.1, 0.15) is 5.01 Å². The number of amides is 1. The van der Waals surface area contributed by atoms with E-state index in [9.17, 15) is 9.59 Å². The van der Waals surface area contributed by atoms with E-state index in [1.165, 1.54) is 23.1 Å². The normalized spacial score (nSPS) is 10.6. The number of hydrogen-bond donors (Lipinski definition) is 0. The second-order valence-corrected chi connectivity index (χ2v) is 7.81. The lowest BCUT2D eigenvalue weighted by molar-refractivity contribution is -0.129. The third kappa shape index (κ3) is 7.61. The van der Waals surface area contributed by atoms with Crippen LogP contribution in [0, 0.1) is 0 Å². The number of ether oxygens (including phenoxy) is 2. The Morgan fingerprint density at radius 2 is 1.96 bits per heavy atom. The predicted molar refractivity (Wildman–Crippen MR) is 112 cm³/mol. The van der Waals surface area contributed by atoms with Crippen LogP contribution in [0.15, 0.2) is 40.6 Å². The molecule has 1 heterocycles. The van der Waals surface area contributed by atoms with Crippen LogP contribution in [0.1, 0.15) is 35.8 Å². The first kappa shape index (κ1) is 22.4. The molecule has 1 amide bonds. The smallest absolute Gasteiger partial charge is 0.357 e. The Bertz CT molecular complexity index is 737. The van der Waals surface area contributed by atoms with Gasteiger partial charge in [0, 0.05) is 30.0 Å². The second-order valence-electron chi connectivity index (χ2n) is 5.81. The molecular formula is C20H26N2O4S2. The molecule has 0 spiro atoms. The zero-order chi connectivity index (χ0) is 20.2. The van der Waals surface area contributed by atoms with Gasteiger partial charge in [-0.05, 0) is 32.4 Å². The van der Waals surface area contributed by atoms with Crippen LogP contribution in [-0.4, -0.2) is 53.9 Å². The van der Waals surface area contributed by atoms with Gasteiger partial charge >= 0.3 is 5.97 Å². The van der Waals surface area contributed by atoms with Crippen LogP contribution in [0.4, 0.5) is 0 Å². The van der Waals surface area contributed by atoms with Gasteiger partial charge in [-0.15, -0.1) is 23.1 Å². The summed E-state index contributed by atoms with van der Waals surface area (Å²) >= 11 is 2.88. The van der Waals surface area contributed by atoms with E-state index in [4.69, 9.17) is 9.47 Å². The average molecular weight is 423 g/mol. The molecule has 0 unspecified atom stereocenters. The van der Waals surface area contributed by atoms with Gasteiger partial charge in [-0.1, -0.05) is 18.2 Å². The number of hydrogen-bond acceptors (Lipinski definition) is 7. The molecule has 152 valence electrons. The molecule has 0 saturated carbocycles. The Hall–Kier alpha value is -1.90. The highest BCUT2D eigenvalue weighted by Gasteiger charge is 2.18. The van der Waals surface area contributed by atoms with Crippen molar-refractivity contribution in [3.8, 4) is 0 Å². The van der Waals surface area contributed by atoms with Crippen LogP contribution in [0.5, 0.6) is 0 Å². The summed E-state index contributed by atoms with van der Waals surface area (Å²) in [7, 11) is 0. The lowest BCUT2D eigenvalue weighted by Gasteiger charge is -2.21. The van der Waals surface area contributed by atoms with Crippen LogP contribution in [-0.2, 0) is 20.8 Å². The molecule has 0 bridgehead atoms. The molecule has 6 nitrogen and oxygen atoms in total. The van der Waals surface area contributed by atoms with Crippen LogP contribution in [0.25, 0.3) is 0 Å². The SMILES string of the molecule is CCOCCCN(Cc1nc(C(=O)OCC)cs1)C(=O)CSc1ccccc1. The van der Waals surface area contributed by atoms with Gasteiger partial charge in [-0.2, -0.15) is 0 Å². The molecule has 0 radical (unpaired) electrons. The average Bonchev–Trinajstić information content (AvgIpc) is 3.18. The number of benzene rings is 1. The molecule has 0 aliphatic rings. The van der Waals surface area contributed by atoms with Gasteiger partial charge < -0.3 is 14.4 Å². The number of esters is 1. The Kier molecular flexibility index (Phi) is 10.0. The van der Waals surface area contributed by atoms with Crippen LogP contribution in [0.3, 0.4) is 0 Å². The minimum Gasteiger partial charge on any atom is -0.461 e. The van der Waals surface area contributed by atoms with E-state index in [1.807, 2.05) is 37.3 Å². The molecule has 28 heavy (non-hydrogen) atoms. The molecule has 0 saturated heterocycles. The molecular weight excluding hydrogens is 396 g/mol. The minimum atomic E-state index is -0.432. The fourth-order valence-corrected chi connectivity index (χ4v) is 3.99. The zero-order valence-corrected chi connectivity index (χ0v) is 17.9. The molecule has 0 fully saturated rings. The van der Waals surface area contributed by atoms with Crippen molar-refractivity contribution in [2.45, 2.75) is 31.7 Å². The molecule has 1 aromatic heterocycles. The molecule has 0 atom stereocenters. The van der Waals surface area contributed by atoms with E-state index >= 15 is 0 Å². The highest BCUT2D eigenvalue weighted by molar-refractivity contribution is 8.00. The van der Waals surface area contributed by atoms with Crippen molar-refractivity contribution in [3.05, 3.63) is 46.4 Å². The van der Waals surface area contributed by atoms with Crippen LogP contribution in [0.2, 0.25) is 0 Å². The summed E-state index contributed by atoms with van der Waals surface area (Å²) in [6.45, 7) is 6.25. The summed E-state index contributed by atoms with van der Waals surface area (Å²) in [5.41, 5.74) is 0.294. The lowest BCUT2D eigenvalue weighted by Crippen LogP contribution is -2.33. The molecule has 0 N–H and O–H groups in total. The number of carbonyl (C=O) groups is 2. The van der Waals surface area contributed by atoms with Gasteiger partial charge in [0.25, 0.3) is 0 Å². The Labute approximate surface area is 174 Å². The van der Waals surface area contributed by atoms with Gasteiger partial charge in [-0.3, -0.25) is 4.79 Å². The molecule has 2 aromatic rings. The standard InChI is InChI=1S/C20H26N2O4S2/c1-3-25-12-8-11-22(19(23)15-27-16-9-6-5-7-10-16)13-18-21-17(14-28-18)20(24)26-4-2/h5-7,9-10,14H,3-4,8,11-13,15H2,1-2H3. The fourth-order valence-electron chi connectivity index (χ4n) is 2.39. The van der Waals surface area contributed by atoms with Crippen LogP contribution >= 0.6 is 23.1 Å². The van der Waals surface area contributed by atoms with E-state index in [-0.39, 0.29) is 5.91 Å². The highest BCUT2D eigenvalue weighted by Crippen LogP contribution is 2.19. The van der Waals surface area contributed by atoms with E-state index in [0.29, 0.717) is 44.4 Å². The molecule has 0 aliphatic carbocycles. The van der Waals surface area contributed by atoms with Crippen molar-refractivity contribution >= 4 is 35.0 Å². The first-order chi connectivity index (χ1) is 13.6. The molecule has 2 rings (SSSR count). The van der Waals surface area contributed by atoms with Crippen molar-refractivity contribution in [2.24, 2.45) is 0 Å². The van der Waals surface area contributed by atoms with E-state index in [0.717, 1.165) is 16.3 Å². The van der Waals surface area contributed by atoms with Gasteiger partial charge in [0.15, 0.2) is 5.69 Å². The lowest BCUT2D eigenvalue weighted by atomic mass is 10.3. The van der Waals surface area contributed by atoms with Crippen molar-refractivity contribution in [1.29, 1.82) is 0 Å². The third-order valence-electron chi connectivity index (χ3n) is 3.74. The summed E-state index contributed by atoms with van der Waals surface area (Å²) in [4.78, 5) is 31.7. The Morgan fingerprint density at radius 3 is 2.68 bits per heavy atom. The van der Waals surface area contributed by atoms with Crippen molar-refractivity contribution < 1.29 is 19.1 Å². The summed E-state index contributed by atoms with van der Waals surface area (Å²) in [5.74, 6) is -0.0357. The number of carbonyl (C=O) groups excluding carboxylic acids is 2. The maximum atomic E-state index is 12.8. The largest absolute Gasteiger partial charge is 0.461 e. The summed E-state index contributed by atoms with van der Waals surface area (Å²) in [5, 5.41) is 2.40. The predicted octanol–water partition coefficient (Wildman–Crippen LogP) is 3.87. The van der Waals surface area contributed by atoms with Gasteiger partial charge in [0.05, 0.1) is 18.9 Å². The van der Waals surface area contributed by atoms with Gasteiger partial charge in [-0.25, -0.2) is 9.78 Å². The molecule has 1 aromatic carbocycles. The Morgan fingerprint density at radius 1 is 1.18 bits per heavy atom. The maximum Gasteiger partial charge on any atom is 0.357 e. The third-order valence-corrected chi connectivity index (χ3v) is 5.57. The summed E-state index contributed by atoms with van der Waals surface area (Å²) in [6, 6.07) is 9.85. The number of aromatic nitrogens is 1. The van der Waals surface area contributed by atoms with Gasteiger partial charge in [0.2, 0.25) is 5.91 Å². The number of nitrogens with zero attached hydrogens (tertiary/aromatic N) is 2.